The van der Waals surface area contributed by atoms with Gasteiger partial charge >= 0.3 is 0 Å². The highest BCUT2D eigenvalue weighted by Crippen LogP contribution is 2.32. The van der Waals surface area contributed by atoms with Gasteiger partial charge in [-0.3, -0.25) is 4.79 Å². The van der Waals surface area contributed by atoms with E-state index in [1.54, 1.807) is 32.4 Å². The molecule has 3 aromatic rings. The molecule has 0 spiro atoms. The number of rotatable bonds is 7. The number of hydrogen-bond donors (Lipinski definition) is 1. The van der Waals surface area contributed by atoms with Gasteiger partial charge in [-0.05, 0) is 43.2 Å². The van der Waals surface area contributed by atoms with Crippen LogP contribution in [0.1, 0.15) is 11.1 Å². The highest BCUT2D eigenvalue weighted by molar-refractivity contribution is 7.99. The summed E-state index contributed by atoms with van der Waals surface area (Å²) in [6, 6.07) is 11.2. The van der Waals surface area contributed by atoms with Crippen molar-refractivity contribution in [3.63, 3.8) is 0 Å². The van der Waals surface area contributed by atoms with Gasteiger partial charge in [-0.2, -0.15) is 0 Å². The second kappa shape index (κ2) is 8.79. The molecule has 0 aliphatic heterocycles. The molecule has 0 radical (unpaired) electrons. The number of thioether (sulfide) groups is 1. The Hall–Kier alpha value is -3.00. The molecule has 0 saturated carbocycles. The third kappa shape index (κ3) is 4.45. The van der Waals surface area contributed by atoms with Gasteiger partial charge in [0.2, 0.25) is 11.8 Å². The lowest BCUT2D eigenvalue weighted by molar-refractivity contribution is -0.113. The van der Waals surface area contributed by atoms with Crippen molar-refractivity contribution in [2.75, 3.05) is 25.3 Å². The Bertz CT molecular complexity index is 967. The van der Waals surface area contributed by atoms with Gasteiger partial charge in [0.25, 0.3) is 5.22 Å². The van der Waals surface area contributed by atoms with Crippen LogP contribution in [0.15, 0.2) is 46.0 Å². The second-order valence-corrected chi connectivity index (χ2v) is 6.97. The lowest BCUT2D eigenvalue weighted by atomic mass is 10.1. The van der Waals surface area contributed by atoms with Crippen molar-refractivity contribution >= 4 is 23.4 Å². The molecule has 0 fully saturated rings. The van der Waals surface area contributed by atoms with Gasteiger partial charge in [0.1, 0.15) is 0 Å². The molecule has 7 nitrogen and oxygen atoms in total. The van der Waals surface area contributed by atoms with E-state index in [0.29, 0.717) is 28.2 Å². The van der Waals surface area contributed by atoms with Crippen LogP contribution >= 0.6 is 11.8 Å². The standard InChI is InChI=1S/C20H21N3O4S/c1-12-6-5-7-13(2)18(12)21-17(24)11-28-20-23-22-19(27-20)14-8-9-15(25-3)16(10-14)26-4/h5-10H,11H2,1-4H3,(H,21,24). The van der Waals surface area contributed by atoms with Crippen molar-refractivity contribution in [1.29, 1.82) is 0 Å². The van der Waals surface area contributed by atoms with Gasteiger partial charge in [-0.25, -0.2) is 0 Å². The summed E-state index contributed by atoms with van der Waals surface area (Å²) in [6.07, 6.45) is 0. The number of para-hydroxylation sites is 1. The number of hydrogen-bond acceptors (Lipinski definition) is 7. The minimum atomic E-state index is -0.131. The first kappa shape index (κ1) is 19.8. The van der Waals surface area contributed by atoms with E-state index in [-0.39, 0.29) is 11.7 Å². The molecule has 3 rings (SSSR count). The third-order valence-corrected chi connectivity index (χ3v) is 4.93. The first-order valence-corrected chi connectivity index (χ1v) is 9.55. The third-order valence-electron chi connectivity index (χ3n) is 4.11. The predicted molar refractivity (Wildman–Crippen MR) is 108 cm³/mol. The van der Waals surface area contributed by atoms with Gasteiger partial charge in [0, 0.05) is 11.3 Å². The van der Waals surface area contributed by atoms with E-state index in [0.717, 1.165) is 16.8 Å². The molecule has 8 heteroatoms. The number of anilines is 1. The molecular formula is C20H21N3O4S. The number of carbonyl (C=O) groups is 1. The summed E-state index contributed by atoms with van der Waals surface area (Å²) < 4.78 is 16.2. The zero-order valence-electron chi connectivity index (χ0n) is 16.1. The van der Waals surface area contributed by atoms with Crippen LogP contribution in [-0.2, 0) is 4.79 Å². The van der Waals surface area contributed by atoms with E-state index >= 15 is 0 Å². The summed E-state index contributed by atoms with van der Waals surface area (Å²) in [4.78, 5) is 12.3. The number of methoxy groups -OCH3 is 2. The van der Waals surface area contributed by atoms with Gasteiger partial charge in [-0.15, -0.1) is 10.2 Å². The molecule has 28 heavy (non-hydrogen) atoms. The van der Waals surface area contributed by atoms with Crippen LogP contribution in [0.4, 0.5) is 5.69 Å². The smallest absolute Gasteiger partial charge is 0.277 e. The highest BCUT2D eigenvalue weighted by atomic mass is 32.2. The first-order valence-electron chi connectivity index (χ1n) is 8.56. The molecule has 0 unspecified atom stereocenters. The largest absolute Gasteiger partial charge is 0.493 e. The monoisotopic (exact) mass is 399 g/mol. The number of aryl methyl sites for hydroxylation is 2. The molecule has 0 saturated heterocycles. The summed E-state index contributed by atoms with van der Waals surface area (Å²) in [7, 11) is 3.13. The Kier molecular flexibility index (Phi) is 6.20. The fourth-order valence-corrected chi connectivity index (χ4v) is 3.23. The average molecular weight is 399 g/mol. The number of amides is 1. The zero-order chi connectivity index (χ0) is 20.1. The zero-order valence-corrected chi connectivity index (χ0v) is 16.9. The van der Waals surface area contributed by atoms with Gasteiger partial charge < -0.3 is 19.2 Å². The maximum Gasteiger partial charge on any atom is 0.277 e. The van der Waals surface area contributed by atoms with Crippen LogP contribution in [0.25, 0.3) is 11.5 Å². The van der Waals surface area contributed by atoms with Crippen molar-refractivity contribution < 1.29 is 18.7 Å². The van der Waals surface area contributed by atoms with Crippen LogP contribution in [0, 0.1) is 13.8 Å². The van der Waals surface area contributed by atoms with Gasteiger partial charge in [0.05, 0.1) is 20.0 Å². The molecule has 0 atom stereocenters. The Balaban J connectivity index is 1.64. The highest BCUT2D eigenvalue weighted by Gasteiger charge is 2.14. The second-order valence-electron chi connectivity index (χ2n) is 6.05. The Morgan fingerprint density at radius 1 is 1.07 bits per heavy atom. The summed E-state index contributed by atoms with van der Waals surface area (Å²) in [5, 5.41) is 11.3. The van der Waals surface area contributed by atoms with Gasteiger partial charge in [0.15, 0.2) is 11.5 Å². The molecular weight excluding hydrogens is 378 g/mol. The summed E-state index contributed by atoms with van der Waals surface area (Å²) >= 11 is 1.18. The van der Waals surface area contributed by atoms with E-state index in [9.17, 15) is 4.79 Å². The van der Waals surface area contributed by atoms with E-state index in [1.807, 2.05) is 32.0 Å². The van der Waals surface area contributed by atoms with Crippen LogP contribution in [0.5, 0.6) is 11.5 Å². The molecule has 146 valence electrons. The van der Waals surface area contributed by atoms with Gasteiger partial charge in [-0.1, -0.05) is 30.0 Å². The van der Waals surface area contributed by atoms with E-state index in [2.05, 4.69) is 15.5 Å². The number of nitrogens with zero attached hydrogens (tertiary/aromatic N) is 2. The molecule has 1 heterocycles. The maximum absolute atomic E-state index is 12.3. The fourth-order valence-electron chi connectivity index (χ4n) is 2.67. The molecule has 0 aliphatic carbocycles. The summed E-state index contributed by atoms with van der Waals surface area (Å²) in [5.74, 6) is 1.57. The van der Waals surface area contributed by atoms with Crippen molar-refractivity contribution in [2.24, 2.45) is 0 Å². The Labute approximate surface area is 167 Å². The number of nitrogens with one attached hydrogen (secondary N) is 1. The minimum Gasteiger partial charge on any atom is -0.493 e. The quantitative estimate of drug-likeness (QED) is 0.599. The fraction of sp³-hybridized carbons (Fsp3) is 0.250. The molecule has 1 N–H and O–H groups in total. The maximum atomic E-state index is 12.3. The lowest BCUT2D eigenvalue weighted by Crippen LogP contribution is -2.15. The van der Waals surface area contributed by atoms with E-state index in [4.69, 9.17) is 13.9 Å². The Morgan fingerprint density at radius 3 is 2.46 bits per heavy atom. The number of aromatic nitrogens is 2. The number of carbonyl (C=O) groups excluding carboxylic acids is 1. The SMILES string of the molecule is COc1ccc(-c2nnc(SCC(=O)Nc3c(C)cccc3C)o2)cc1OC. The lowest BCUT2D eigenvalue weighted by Gasteiger charge is -2.10. The molecule has 1 aromatic heterocycles. The normalized spacial score (nSPS) is 10.6. The molecule has 0 bridgehead atoms. The minimum absolute atomic E-state index is 0.131. The number of ether oxygens (including phenoxy) is 2. The van der Waals surface area contributed by atoms with Crippen molar-refractivity contribution in [3.8, 4) is 23.0 Å². The van der Waals surface area contributed by atoms with E-state index < -0.39 is 0 Å². The van der Waals surface area contributed by atoms with Crippen molar-refractivity contribution in [2.45, 2.75) is 19.1 Å². The molecule has 0 aliphatic rings. The van der Waals surface area contributed by atoms with Crippen LogP contribution < -0.4 is 14.8 Å². The Morgan fingerprint density at radius 2 is 1.79 bits per heavy atom. The van der Waals surface area contributed by atoms with Crippen LogP contribution in [-0.4, -0.2) is 36.1 Å². The van der Waals surface area contributed by atoms with Crippen molar-refractivity contribution in [1.82, 2.24) is 10.2 Å². The van der Waals surface area contributed by atoms with E-state index in [1.165, 1.54) is 11.8 Å². The average Bonchev–Trinajstić information content (AvgIpc) is 3.18. The first-order chi connectivity index (χ1) is 13.5. The molecule has 2 aromatic carbocycles. The topological polar surface area (TPSA) is 86.5 Å². The molecule has 1 amide bonds. The van der Waals surface area contributed by atoms with Crippen molar-refractivity contribution in [3.05, 3.63) is 47.5 Å². The summed E-state index contributed by atoms with van der Waals surface area (Å²) in [5.41, 5.74) is 3.58. The number of benzene rings is 2. The van der Waals surface area contributed by atoms with Crippen LogP contribution in [0.3, 0.4) is 0 Å². The van der Waals surface area contributed by atoms with Crippen LogP contribution in [0.2, 0.25) is 0 Å². The predicted octanol–water partition coefficient (Wildman–Crippen LogP) is 4.10. The summed E-state index contributed by atoms with van der Waals surface area (Å²) in [6.45, 7) is 3.92.